The molecule has 0 atom stereocenters. The Morgan fingerprint density at radius 3 is 2.30 bits per heavy atom. The van der Waals surface area contributed by atoms with Gasteiger partial charge in [-0.2, -0.15) is 5.10 Å². The molecular formula is C24H24FN3O4S. The molecule has 0 saturated carbocycles. The SMILES string of the molecule is COc1ccccc1N(CC(=O)N/N=C(/C)c1ccc(F)cc1)S(=O)(=O)c1ccc(C)cc1. The molecule has 0 bridgehead atoms. The third-order valence-corrected chi connectivity index (χ3v) is 6.63. The normalized spacial score (nSPS) is 11.7. The van der Waals surface area contributed by atoms with Crippen molar-refractivity contribution in [3.05, 3.63) is 89.7 Å². The van der Waals surface area contributed by atoms with Crippen molar-refractivity contribution >= 4 is 27.3 Å². The highest BCUT2D eigenvalue weighted by atomic mass is 32.2. The molecule has 0 saturated heterocycles. The van der Waals surface area contributed by atoms with Crippen molar-refractivity contribution in [2.45, 2.75) is 18.7 Å². The summed E-state index contributed by atoms with van der Waals surface area (Å²) < 4.78 is 46.3. The highest BCUT2D eigenvalue weighted by molar-refractivity contribution is 7.92. The molecule has 0 radical (unpaired) electrons. The lowest BCUT2D eigenvalue weighted by Crippen LogP contribution is -2.40. The summed E-state index contributed by atoms with van der Waals surface area (Å²) in [5, 5.41) is 4.02. The molecule has 0 unspecified atom stereocenters. The second-order valence-electron chi connectivity index (χ2n) is 7.24. The number of carbonyl (C=O) groups is 1. The predicted molar refractivity (Wildman–Crippen MR) is 125 cm³/mol. The van der Waals surface area contributed by atoms with Gasteiger partial charge in [0, 0.05) is 0 Å². The van der Waals surface area contributed by atoms with Gasteiger partial charge in [-0.15, -0.1) is 0 Å². The molecule has 0 heterocycles. The second-order valence-corrected chi connectivity index (χ2v) is 9.10. The predicted octanol–water partition coefficient (Wildman–Crippen LogP) is 3.88. The van der Waals surface area contributed by atoms with Crippen LogP contribution < -0.4 is 14.5 Å². The number of ether oxygens (including phenoxy) is 1. The molecular weight excluding hydrogens is 445 g/mol. The number of aryl methyl sites for hydroxylation is 1. The van der Waals surface area contributed by atoms with Gasteiger partial charge in [0.05, 0.1) is 23.4 Å². The van der Waals surface area contributed by atoms with E-state index in [0.717, 1.165) is 9.87 Å². The summed E-state index contributed by atoms with van der Waals surface area (Å²) in [5.41, 5.74) is 4.55. The molecule has 3 aromatic carbocycles. The Labute approximate surface area is 192 Å². The van der Waals surface area contributed by atoms with Crippen LogP contribution in [0, 0.1) is 12.7 Å². The maximum Gasteiger partial charge on any atom is 0.264 e. The summed E-state index contributed by atoms with van der Waals surface area (Å²) in [6.07, 6.45) is 0. The van der Waals surface area contributed by atoms with Crippen LogP contribution in [-0.2, 0) is 14.8 Å². The van der Waals surface area contributed by atoms with Crippen molar-refractivity contribution in [2.24, 2.45) is 5.10 Å². The lowest BCUT2D eigenvalue weighted by atomic mass is 10.1. The molecule has 9 heteroatoms. The van der Waals surface area contributed by atoms with Crippen LogP contribution in [0.3, 0.4) is 0 Å². The summed E-state index contributed by atoms with van der Waals surface area (Å²) in [6.45, 7) is 2.97. The Morgan fingerprint density at radius 2 is 1.67 bits per heavy atom. The van der Waals surface area contributed by atoms with E-state index < -0.39 is 22.5 Å². The first-order chi connectivity index (χ1) is 15.7. The van der Waals surface area contributed by atoms with E-state index >= 15 is 0 Å². The van der Waals surface area contributed by atoms with Crippen molar-refractivity contribution in [3.63, 3.8) is 0 Å². The number of nitrogens with zero attached hydrogens (tertiary/aromatic N) is 2. The van der Waals surface area contributed by atoms with Crippen LogP contribution in [0.4, 0.5) is 10.1 Å². The van der Waals surface area contributed by atoms with Gasteiger partial charge in [0.15, 0.2) is 0 Å². The Kier molecular flexibility index (Phi) is 7.44. The fourth-order valence-electron chi connectivity index (χ4n) is 3.04. The summed E-state index contributed by atoms with van der Waals surface area (Å²) in [7, 11) is -2.67. The van der Waals surface area contributed by atoms with E-state index in [-0.39, 0.29) is 16.4 Å². The topological polar surface area (TPSA) is 88.1 Å². The number of rotatable bonds is 8. The number of carbonyl (C=O) groups excluding carboxylic acids is 1. The molecule has 0 aliphatic heterocycles. The van der Waals surface area contributed by atoms with E-state index in [1.54, 1.807) is 43.3 Å². The molecule has 0 aliphatic rings. The first-order valence-electron chi connectivity index (χ1n) is 10.0. The summed E-state index contributed by atoms with van der Waals surface area (Å²) in [4.78, 5) is 12.8. The van der Waals surface area contributed by atoms with Crippen molar-refractivity contribution in [3.8, 4) is 5.75 Å². The molecule has 0 aromatic heterocycles. The van der Waals surface area contributed by atoms with Crippen molar-refractivity contribution in [1.82, 2.24) is 5.43 Å². The van der Waals surface area contributed by atoms with Gasteiger partial charge >= 0.3 is 0 Å². The number of anilines is 1. The molecule has 3 aromatic rings. The lowest BCUT2D eigenvalue weighted by molar-refractivity contribution is -0.119. The quantitative estimate of drug-likeness (QED) is 0.401. The zero-order valence-electron chi connectivity index (χ0n) is 18.4. The van der Waals surface area contributed by atoms with Crippen molar-refractivity contribution in [1.29, 1.82) is 0 Å². The Morgan fingerprint density at radius 1 is 1.03 bits per heavy atom. The minimum absolute atomic E-state index is 0.0396. The number of hydrogen-bond acceptors (Lipinski definition) is 5. The van der Waals surface area contributed by atoms with Gasteiger partial charge in [-0.1, -0.05) is 42.0 Å². The van der Waals surface area contributed by atoms with Crippen LogP contribution in [-0.4, -0.2) is 33.7 Å². The van der Waals surface area contributed by atoms with Gasteiger partial charge in [0.1, 0.15) is 18.1 Å². The molecule has 3 rings (SSSR count). The van der Waals surface area contributed by atoms with Gasteiger partial charge in [-0.3, -0.25) is 9.10 Å². The number of nitrogens with one attached hydrogen (secondary N) is 1. The standard InChI is InChI=1S/C24H24FN3O4S/c1-17-8-14-21(15-9-17)33(30,31)28(22-6-4-5-7-23(22)32-3)16-24(29)27-26-18(2)19-10-12-20(25)13-11-19/h4-15H,16H2,1-3H3,(H,27,29)/b26-18-. The molecule has 33 heavy (non-hydrogen) atoms. The number of sulfonamides is 1. The summed E-state index contributed by atoms with van der Waals surface area (Å²) in [5.74, 6) is -0.741. The average Bonchev–Trinajstić information content (AvgIpc) is 2.81. The number of para-hydroxylation sites is 2. The van der Waals surface area contributed by atoms with Gasteiger partial charge < -0.3 is 4.74 Å². The molecule has 0 fully saturated rings. The Hall–Kier alpha value is -3.72. The Bertz CT molecular complexity index is 1260. The minimum Gasteiger partial charge on any atom is -0.495 e. The van der Waals surface area contributed by atoms with E-state index in [0.29, 0.717) is 17.0 Å². The number of benzene rings is 3. The largest absolute Gasteiger partial charge is 0.495 e. The lowest BCUT2D eigenvalue weighted by Gasteiger charge is -2.25. The second kappa shape index (κ2) is 10.3. The van der Waals surface area contributed by atoms with Gasteiger partial charge in [0.25, 0.3) is 15.9 Å². The smallest absolute Gasteiger partial charge is 0.264 e. The van der Waals surface area contributed by atoms with Gasteiger partial charge in [-0.05, 0) is 55.8 Å². The first-order valence-corrected chi connectivity index (χ1v) is 11.5. The Balaban J connectivity index is 1.91. The highest BCUT2D eigenvalue weighted by Crippen LogP contribution is 2.32. The molecule has 7 nitrogen and oxygen atoms in total. The van der Waals surface area contributed by atoms with E-state index in [1.807, 2.05) is 6.92 Å². The highest BCUT2D eigenvalue weighted by Gasteiger charge is 2.29. The fraction of sp³-hybridized carbons (Fsp3) is 0.167. The van der Waals surface area contributed by atoms with Crippen LogP contribution >= 0.6 is 0 Å². The number of halogens is 1. The number of amides is 1. The number of hydrazone groups is 1. The maximum absolute atomic E-state index is 13.5. The van der Waals surface area contributed by atoms with E-state index in [2.05, 4.69) is 10.5 Å². The third kappa shape index (κ3) is 5.75. The van der Waals surface area contributed by atoms with E-state index in [9.17, 15) is 17.6 Å². The molecule has 1 amide bonds. The minimum atomic E-state index is -4.09. The molecule has 0 spiro atoms. The summed E-state index contributed by atoms with van der Waals surface area (Å²) in [6, 6.07) is 18.5. The van der Waals surface area contributed by atoms with Crippen molar-refractivity contribution < 1.29 is 22.3 Å². The first kappa shape index (κ1) is 23.9. The number of hydrogen-bond donors (Lipinski definition) is 1. The zero-order valence-corrected chi connectivity index (χ0v) is 19.3. The molecule has 1 N–H and O–H groups in total. The van der Waals surface area contributed by atoms with E-state index in [4.69, 9.17) is 4.74 Å². The maximum atomic E-state index is 13.5. The van der Waals surface area contributed by atoms with Gasteiger partial charge in [-0.25, -0.2) is 18.2 Å². The molecule has 172 valence electrons. The van der Waals surface area contributed by atoms with Crippen LogP contribution in [0.25, 0.3) is 0 Å². The van der Waals surface area contributed by atoms with Gasteiger partial charge in [0.2, 0.25) is 0 Å². The van der Waals surface area contributed by atoms with Crippen LogP contribution in [0.15, 0.2) is 82.8 Å². The summed E-state index contributed by atoms with van der Waals surface area (Å²) >= 11 is 0. The molecule has 0 aliphatic carbocycles. The third-order valence-electron chi connectivity index (χ3n) is 4.86. The zero-order chi connectivity index (χ0) is 24.0. The van der Waals surface area contributed by atoms with Crippen molar-refractivity contribution in [2.75, 3.05) is 18.0 Å². The van der Waals surface area contributed by atoms with E-state index in [1.165, 1.54) is 43.5 Å². The average molecular weight is 470 g/mol. The van der Waals surface area contributed by atoms with Crippen LogP contribution in [0.1, 0.15) is 18.1 Å². The van der Waals surface area contributed by atoms with Crippen LogP contribution in [0.5, 0.6) is 5.75 Å². The monoisotopic (exact) mass is 469 g/mol. The van der Waals surface area contributed by atoms with Crippen LogP contribution in [0.2, 0.25) is 0 Å². The number of methoxy groups -OCH3 is 1. The fourth-order valence-corrected chi connectivity index (χ4v) is 4.47.